The Bertz CT molecular complexity index is 424. The van der Waals surface area contributed by atoms with Crippen molar-refractivity contribution in [1.29, 1.82) is 0 Å². The fourth-order valence-electron chi connectivity index (χ4n) is 2.08. The van der Waals surface area contributed by atoms with Gasteiger partial charge in [0, 0.05) is 13.1 Å². The summed E-state index contributed by atoms with van der Waals surface area (Å²) in [5, 5.41) is 9.49. The number of para-hydroxylation sites is 1. The summed E-state index contributed by atoms with van der Waals surface area (Å²) in [5.41, 5.74) is 0. The number of carbonyl (C=O) groups is 1. The molecular weight excluding hydrogens is 254 g/mol. The molecule has 0 aromatic heterocycles. The predicted molar refractivity (Wildman–Crippen MR) is 69.1 cm³/mol. The van der Waals surface area contributed by atoms with E-state index in [1.54, 1.807) is 6.07 Å². The maximum absolute atomic E-state index is 10.8. The third-order valence-corrected chi connectivity index (χ3v) is 3.44. The third kappa shape index (κ3) is 3.37. The average molecular weight is 270 g/mol. The molecule has 1 aromatic rings. The lowest BCUT2D eigenvalue weighted by Gasteiger charge is -2.15. The maximum Gasteiger partial charge on any atom is 0.307 e. The fraction of sp³-hybridized carbons (Fsp3) is 0.462. The van der Waals surface area contributed by atoms with Crippen molar-refractivity contribution in [2.24, 2.45) is 5.92 Å². The highest BCUT2D eigenvalue weighted by Gasteiger charge is 2.27. The molecule has 1 heterocycles. The summed E-state index contributed by atoms with van der Waals surface area (Å²) in [6.07, 6.45) is 0.724. The molecule has 1 saturated heterocycles. The van der Waals surface area contributed by atoms with Crippen LogP contribution in [0, 0.1) is 5.92 Å². The predicted octanol–water partition coefficient (Wildman–Crippen LogP) is 2.13. The number of carboxylic acids is 1. The third-order valence-electron chi connectivity index (χ3n) is 3.12. The molecule has 1 atom stereocenters. The molecule has 0 amide bonds. The molecule has 1 aromatic carbocycles. The van der Waals surface area contributed by atoms with Crippen molar-refractivity contribution in [3.8, 4) is 5.75 Å². The first-order chi connectivity index (χ1) is 8.66. The van der Waals surface area contributed by atoms with Gasteiger partial charge in [-0.05, 0) is 25.1 Å². The molecule has 4 nitrogen and oxygen atoms in total. The zero-order valence-electron chi connectivity index (χ0n) is 10.0. The Kier molecular flexibility index (Phi) is 4.44. The van der Waals surface area contributed by atoms with E-state index in [1.807, 2.05) is 18.2 Å². The standard InChI is InChI=1S/C13H16ClNO3/c14-11-3-1-2-4-12(11)18-8-7-15-6-5-10(9-15)13(16)17/h1-4,10H,5-9H2,(H,16,17)/t10-/m0/s1. The second kappa shape index (κ2) is 6.07. The van der Waals surface area contributed by atoms with Crippen LogP contribution in [-0.2, 0) is 4.79 Å². The number of benzene rings is 1. The van der Waals surface area contributed by atoms with Crippen molar-refractivity contribution in [2.75, 3.05) is 26.2 Å². The Balaban J connectivity index is 1.74. The zero-order chi connectivity index (χ0) is 13.0. The normalized spacial score (nSPS) is 19.9. The number of ether oxygens (including phenoxy) is 1. The molecule has 18 heavy (non-hydrogen) atoms. The van der Waals surface area contributed by atoms with E-state index in [0.717, 1.165) is 19.5 Å². The summed E-state index contributed by atoms with van der Waals surface area (Å²) in [7, 11) is 0. The summed E-state index contributed by atoms with van der Waals surface area (Å²) >= 11 is 5.97. The van der Waals surface area contributed by atoms with Gasteiger partial charge >= 0.3 is 5.97 Å². The van der Waals surface area contributed by atoms with Gasteiger partial charge in [-0.15, -0.1) is 0 Å². The molecule has 1 aliphatic rings. The number of halogens is 1. The van der Waals surface area contributed by atoms with Crippen molar-refractivity contribution in [3.63, 3.8) is 0 Å². The van der Waals surface area contributed by atoms with Gasteiger partial charge in [0.2, 0.25) is 0 Å². The van der Waals surface area contributed by atoms with Gasteiger partial charge in [0.05, 0.1) is 10.9 Å². The summed E-state index contributed by atoms with van der Waals surface area (Å²) in [4.78, 5) is 12.9. The van der Waals surface area contributed by atoms with Crippen molar-refractivity contribution in [2.45, 2.75) is 6.42 Å². The van der Waals surface area contributed by atoms with Gasteiger partial charge in [-0.25, -0.2) is 0 Å². The van der Waals surface area contributed by atoms with E-state index in [-0.39, 0.29) is 5.92 Å². The number of hydrogen-bond donors (Lipinski definition) is 1. The highest BCUT2D eigenvalue weighted by atomic mass is 35.5. The maximum atomic E-state index is 10.8. The van der Waals surface area contributed by atoms with E-state index in [9.17, 15) is 4.79 Å². The number of carboxylic acid groups (broad SMARTS) is 1. The van der Waals surface area contributed by atoms with Crippen molar-refractivity contribution >= 4 is 17.6 Å². The molecule has 0 radical (unpaired) electrons. The van der Waals surface area contributed by atoms with Crippen LogP contribution in [0.3, 0.4) is 0 Å². The molecular formula is C13H16ClNO3. The van der Waals surface area contributed by atoms with Gasteiger partial charge in [0.25, 0.3) is 0 Å². The largest absolute Gasteiger partial charge is 0.491 e. The number of rotatable bonds is 5. The average Bonchev–Trinajstić information content (AvgIpc) is 2.80. The zero-order valence-corrected chi connectivity index (χ0v) is 10.8. The van der Waals surface area contributed by atoms with Gasteiger partial charge in [0.1, 0.15) is 12.4 Å². The highest BCUT2D eigenvalue weighted by molar-refractivity contribution is 6.32. The summed E-state index contributed by atoms with van der Waals surface area (Å²) in [5.74, 6) is -0.261. The lowest BCUT2D eigenvalue weighted by atomic mass is 10.1. The number of likely N-dealkylation sites (tertiary alicyclic amines) is 1. The van der Waals surface area contributed by atoms with Crippen LogP contribution in [0.15, 0.2) is 24.3 Å². The van der Waals surface area contributed by atoms with Crippen LogP contribution in [0.4, 0.5) is 0 Å². The number of aliphatic carboxylic acids is 1. The van der Waals surface area contributed by atoms with Crippen LogP contribution in [0.2, 0.25) is 5.02 Å². The molecule has 1 N–H and O–H groups in total. The first-order valence-corrected chi connectivity index (χ1v) is 6.37. The minimum atomic E-state index is -0.704. The minimum Gasteiger partial charge on any atom is -0.491 e. The molecule has 5 heteroatoms. The summed E-state index contributed by atoms with van der Waals surface area (Å²) < 4.78 is 5.57. The molecule has 98 valence electrons. The topological polar surface area (TPSA) is 49.8 Å². The van der Waals surface area contributed by atoms with Crippen LogP contribution < -0.4 is 4.74 Å². The molecule has 0 saturated carbocycles. The lowest BCUT2D eigenvalue weighted by molar-refractivity contribution is -0.141. The van der Waals surface area contributed by atoms with Crippen LogP contribution in [-0.4, -0.2) is 42.2 Å². The van der Waals surface area contributed by atoms with Crippen LogP contribution >= 0.6 is 11.6 Å². The number of nitrogens with zero attached hydrogens (tertiary/aromatic N) is 1. The van der Waals surface area contributed by atoms with Gasteiger partial charge in [0.15, 0.2) is 0 Å². The molecule has 1 aliphatic heterocycles. The van der Waals surface area contributed by atoms with Crippen molar-refractivity contribution < 1.29 is 14.6 Å². The van der Waals surface area contributed by atoms with E-state index in [1.165, 1.54) is 0 Å². The highest BCUT2D eigenvalue weighted by Crippen LogP contribution is 2.23. The van der Waals surface area contributed by atoms with Gasteiger partial charge < -0.3 is 9.84 Å². The first kappa shape index (κ1) is 13.2. The monoisotopic (exact) mass is 269 g/mol. The number of hydrogen-bond acceptors (Lipinski definition) is 3. The quantitative estimate of drug-likeness (QED) is 0.890. The van der Waals surface area contributed by atoms with E-state index >= 15 is 0 Å². The van der Waals surface area contributed by atoms with Crippen LogP contribution in [0.25, 0.3) is 0 Å². The van der Waals surface area contributed by atoms with E-state index in [4.69, 9.17) is 21.4 Å². The van der Waals surface area contributed by atoms with Gasteiger partial charge in [-0.3, -0.25) is 9.69 Å². The second-order valence-corrected chi connectivity index (χ2v) is 4.81. The van der Waals surface area contributed by atoms with E-state index < -0.39 is 5.97 Å². The Morgan fingerprint density at radius 3 is 2.94 bits per heavy atom. The Labute approximate surface area is 111 Å². The van der Waals surface area contributed by atoms with Crippen molar-refractivity contribution in [3.05, 3.63) is 29.3 Å². The minimum absolute atomic E-state index is 0.231. The van der Waals surface area contributed by atoms with Gasteiger partial charge in [-0.1, -0.05) is 23.7 Å². The first-order valence-electron chi connectivity index (χ1n) is 5.99. The van der Waals surface area contributed by atoms with E-state index in [2.05, 4.69) is 4.90 Å². The van der Waals surface area contributed by atoms with E-state index in [0.29, 0.717) is 23.9 Å². The molecule has 2 rings (SSSR count). The second-order valence-electron chi connectivity index (χ2n) is 4.40. The summed E-state index contributed by atoms with van der Waals surface area (Å²) in [6, 6.07) is 7.34. The Morgan fingerprint density at radius 1 is 1.50 bits per heavy atom. The summed E-state index contributed by atoms with van der Waals surface area (Å²) in [6.45, 7) is 2.69. The van der Waals surface area contributed by atoms with Crippen LogP contribution in [0.5, 0.6) is 5.75 Å². The smallest absolute Gasteiger partial charge is 0.307 e. The van der Waals surface area contributed by atoms with Crippen LogP contribution in [0.1, 0.15) is 6.42 Å². The van der Waals surface area contributed by atoms with Crippen molar-refractivity contribution in [1.82, 2.24) is 4.90 Å². The van der Waals surface area contributed by atoms with Gasteiger partial charge in [-0.2, -0.15) is 0 Å². The molecule has 0 bridgehead atoms. The SMILES string of the molecule is O=C(O)[C@H]1CCN(CCOc2ccccc2Cl)C1. The molecule has 0 unspecified atom stereocenters. The lowest BCUT2D eigenvalue weighted by Crippen LogP contribution is -2.27. The Hall–Kier alpha value is -1.26. The Morgan fingerprint density at radius 2 is 2.28 bits per heavy atom. The molecule has 0 aliphatic carbocycles. The fourth-order valence-corrected chi connectivity index (χ4v) is 2.27. The molecule has 1 fully saturated rings. The molecule has 0 spiro atoms.